The predicted molar refractivity (Wildman–Crippen MR) is 145 cm³/mol. The Bertz CT molecular complexity index is 1310. The van der Waals surface area contributed by atoms with E-state index in [9.17, 15) is 13.2 Å². The average Bonchev–Trinajstić information content (AvgIpc) is 3.65. The summed E-state index contributed by atoms with van der Waals surface area (Å²) in [5, 5.41) is 2.44. The van der Waals surface area contributed by atoms with Crippen LogP contribution in [0.5, 0.6) is 0 Å². The van der Waals surface area contributed by atoms with Crippen LogP contribution < -0.4 is 4.72 Å². The lowest BCUT2D eigenvalue weighted by Gasteiger charge is -2.21. The van der Waals surface area contributed by atoms with Crippen molar-refractivity contribution in [3.8, 4) is 0 Å². The molecule has 2 fully saturated rings. The summed E-state index contributed by atoms with van der Waals surface area (Å²) >= 11 is 6.25. The number of halogens is 1. The number of Topliss-reactive ketones (excluding diaryl/α,β-unsaturated/α-hetero) is 1. The number of hydrogen-bond donors (Lipinski definition) is 1. The molecule has 8 heteroatoms. The number of benzene rings is 2. The Hall–Kier alpha value is -1.93. The molecule has 5 rings (SSSR count). The maximum absolute atomic E-state index is 12.9. The van der Waals surface area contributed by atoms with E-state index >= 15 is 0 Å². The smallest absolute Gasteiger partial charge is 0.240 e. The van der Waals surface area contributed by atoms with Crippen molar-refractivity contribution >= 4 is 51.7 Å². The molecule has 5 nitrogen and oxygen atoms in total. The van der Waals surface area contributed by atoms with Crippen LogP contribution in [0.4, 0.5) is 0 Å². The quantitative estimate of drug-likeness (QED) is 0.401. The molecule has 0 bridgehead atoms. The second kappa shape index (κ2) is 11.0. The monoisotopic (exact) mass is 530 g/mol. The highest BCUT2D eigenvalue weighted by molar-refractivity contribution is 7.89. The zero-order valence-corrected chi connectivity index (χ0v) is 22.1. The predicted octanol–water partition coefficient (Wildman–Crippen LogP) is 5.77. The molecule has 0 unspecified atom stereocenters. The third-order valence-electron chi connectivity index (χ3n) is 7.26. The van der Waals surface area contributed by atoms with E-state index in [2.05, 4.69) is 9.71 Å². The van der Waals surface area contributed by atoms with E-state index in [0.29, 0.717) is 23.9 Å². The fraction of sp³-hybridized carbons (Fsp3) is 0.407. The van der Waals surface area contributed by atoms with Crippen LogP contribution in [0.3, 0.4) is 0 Å². The normalized spacial score (nSPS) is 20.4. The Morgan fingerprint density at radius 1 is 1.03 bits per heavy atom. The van der Waals surface area contributed by atoms with Gasteiger partial charge in [-0.1, -0.05) is 55.1 Å². The maximum atomic E-state index is 12.9. The number of carbonyl (C=O) groups is 1. The number of pyridine rings is 1. The van der Waals surface area contributed by atoms with E-state index in [1.807, 2.05) is 30.3 Å². The zero-order valence-electron chi connectivity index (χ0n) is 19.5. The molecular formula is C27H31ClN2O3S2. The second-order valence-corrected chi connectivity index (χ2v) is 11.9. The first kappa shape index (κ1) is 26.1. The summed E-state index contributed by atoms with van der Waals surface area (Å²) in [7, 11) is -3.51. The fourth-order valence-electron chi connectivity index (χ4n) is 5.13. The molecule has 0 saturated heterocycles. The Kier molecular flexibility index (Phi) is 8.21. The first-order valence-corrected chi connectivity index (χ1v) is 13.9. The first-order chi connectivity index (χ1) is 16.4. The van der Waals surface area contributed by atoms with Crippen molar-refractivity contribution in [1.82, 2.24) is 9.71 Å². The van der Waals surface area contributed by atoms with E-state index < -0.39 is 10.0 Å². The summed E-state index contributed by atoms with van der Waals surface area (Å²) in [6, 6.07) is 12.9. The van der Waals surface area contributed by atoms with Crippen LogP contribution in [-0.2, 0) is 21.2 Å². The summed E-state index contributed by atoms with van der Waals surface area (Å²) in [6.07, 6.45) is 10.4. The lowest BCUT2D eigenvalue weighted by atomic mass is 9.90. The van der Waals surface area contributed by atoms with Crippen LogP contribution in [0.15, 0.2) is 59.8 Å². The van der Waals surface area contributed by atoms with Gasteiger partial charge in [0.2, 0.25) is 10.0 Å². The molecule has 2 aromatic carbocycles. The Morgan fingerprint density at radius 3 is 2.51 bits per heavy atom. The topological polar surface area (TPSA) is 76.1 Å². The number of hydrogen-bond acceptors (Lipinski definition) is 4. The molecule has 1 heterocycles. The van der Waals surface area contributed by atoms with Crippen molar-refractivity contribution in [3.63, 3.8) is 0 Å². The van der Waals surface area contributed by atoms with E-state index in [4.69, 9.17) is 11.6 Å². The van der Waals surface area contributed by atoms with Crippen molar-refractivity contribution in [2.75, 3.05) is 6.54 Å². The fourth-order valence-corrected chi connectivity index (χ4v) is 6.47. The van der Waals surface area contributed by atoms with Gasteiger partial charge in [0.1, 0.15) is 5.78 Å². The largest absolute Gasteiger partial charge is 0.299 e. The summed E-state index contributed by atoms with van der Waals surface area (Å²) in [5.74, 6) is 0.792. The third-order valence-corrected chi connectivity index (χ3v) is 9.00. The van der Waals surface area contributed by atoms with Crippen molar-refractivity contribution in [2.45, 2.75) is 55.8 Å². The van der Waals surface area contributed by atoms with Gasteiger partial charge in [0.15, 0.2) is 0 Å². The Morgan fingerprint density at radius 2 is 1.77 bits per heavy atom. The van der Waals surface area contributed by atoms with Gasteiger partial charge >= 0.3 is 0 Å². The minimum Gasteiger partial charge on any atom is -0.299 e. The van der Waals surface area contributed by atoms with Crippen LogP contribution in [0.2, 0.25) is 5.02 Å². The molecule has 0 amide bonds. The number of nitrogens with zero attached hydrogens (tertiary/aromatic N) is 1. The molecule has 2 aliphatic carbocycles. The molecule has 1 aromatic heterocycles. The molecule has 35 heavy (non-hydrogen) atoms. The Balaban J connectivity index is 0.00000289. The highest BCUT2D eigenvalue weighted by Gasteiger charge is 2.43. The summed E-state index contributed by atoms with van der Waals surface area (Å²) < 4.78 is 28.2. The van der Waals surface area contributed by atoms with Crippen LogP contribution >= 0.6 is 25.1 Å². The van der Waals surface area contributed by atoms with Crippen LogP contribution in [0.1, 0.15) is 55.6 Å². The number of ketones is 1. The molecule has 1 N–H and O–H groups in total. The van der Waals surface area contributed by atoms with Crippen molar-refractivity contribution in [3.05, 3.63) is 71.0 Å². The highest BCUT2D eigenvalue weighted by Crippen LogP contribution is 2.48. The molecule has 0 spiro atoms. The van der Waals surface area contributed by atoms with E-state index in [1.54, 1.807) is 24.5 Å². The van der Waals surface area contributed by atoms with Gasteiger partial charge in [0.05, 0.1) is 9.92 Å². The molecular weight excluding hydrogens is 500 g/mol. The minimum atomic E-state index is -3.51. The van der Waals surface area contributed by atoms with Crippen molar-refractivity contribution < 1.29 is 13.2 Å². The van der Waals surface area contributed by atoms with E-state index in [0.717, 1.165) is 41.2 Å². The summed E-state index contributed by atoms with van der Waals surface area (Å²) in [5.41, 5.74) is 1.97. The zero-order chi connectivity index (χ0) is 23.7. The first-order valence-electron chi connectivity index (χ1n) is 12.1. The lowest BCUT2D eigenvalue weighted by Crippen LogP contribution is -2.30. The number of fused-ring (bicyclic) bond motifs is 1. The van der Waals surface area contributed by atoms with Crippen LogP contribution in [0, 0.1) is 11.8 Å². The number of sulfonamides is 1. The number of rotatable bonds is 8. The van der Waals surface area contributed by atoms with Gasteiger partial charge in [0.25, 0.3) is 0 Å². The maximum Gasteiger partial charge on any atom is 0.240 e. The van der Waals surface area contributed by atoms with Gasteiger partial charge in [-0.3, -0.25) is 9.78 Å². The number of aromatic nitrogens is 1. The molecule has 2 saturated carbocycles. The van der Waals surface area contributed by atoms with Gasteiger partial charge in [0, 0.05) is 42.0 Å². The summed E-state index contributed by atoms with van der Waals surface area (Å²) in [4.78, 5) is 17.3. The van der Waals surface area contributed by atoms with Crippen LogP contribution in [0.25, 0.3) is 10.8 Å². The lowest BCUT2D eigenvalue weighted by molar-refractivity contribution is -0.119. The SMILES string of the molecule is O=C(Cc1ccc2cncc(Cl)c2c1)[C@@H]1C[C@H]1c1ccc(S(=O)(=O)NCC2CCCCC2)cc1.S. The molecule has 186 valence electrons. The Labute approximate surface area is 219 Å². The second-order valence-electron chi connectivity index (χ2n) is 9.69. The number of nitrogens with one attached hydrogen (secondary N) is 1. The number of carbonyl (C=O) groups excluding carboxylic acids is 1. The van der Waals surface area contributed by atoms with E-state index in [-0.39, 0.29) is 36.0 Å². The summed E-state index contributed by atoms with van der Waals surface area (Å²) in [6.45, 7) is 0.514. The van der Waals surface area contributed by atoms with Gasteiger partial charge in [-0.05, 0) is 60.4 Å². The minimum absolute atomic E-state index is 0. The molecule has 2 aliphatic rings. The van der Waals surface area contributed by atoms with Gasteiger partial charge in [-0.25, -0.2) is 13.1 Å². The van der Waals surface area contributed by atoms with Gasteiger partial charge < -0.3 is 0 Å². The average molecular weight is 531 g/mol. The van der Waals surface area contributed by atoms with Crippen molar-refractivity contribution in [1.29, 1.82) is 0 Å². The molecule has 0 aliphatic heterocycles. The van der Waals surface area contributed by atoms with Crippen LogP contribution in [-0.4, -0.2) is 25.7 Å². The van der Waals surface area contributed by atoms with E-state index in [1.165, 1.54) is 19.3 Å². The molecule has 2 atom stereocenters. The van der Waals surface area contributed by atoms with Crippen molar-refractivity contribution in [2.24, 2.45) is 11.8 Å². The highest BCUT2D eigenvalue weighted by atomic mass is 35.5. The molecule has 0 radical (unpaired) electrons. The molecule has 3 aromatic rings. The third kappa shape index (κ3) is 6.08. The standard InChI is InChI=1S/C27H29ClN2O3S.H2S/c28-26-17-29-16-21-7-6-19(12-24(21)26)13-27(31)25-14-23(25)20-8-10-22(11-9-20)34(32,33)30-15-18-4-2-1-3-5-18;/h6-12,16-18,23,25,30H,1-5,13-15H2;1H2/t23-,25+;/m0./s1. The van der Waals surface area contributed by atoms with Gasteiger partial charge in [-0.2, -0.15) is 13.5 Å². The van der Waals surface area contributed by atoms with Gasteiger partial charge in [-0.15, -0.1) is 0 Å².